The number of aryl methyl sites for hydroxylation is 2. The molecule has 1 aliphatic carbocycles. The molecule has 16 heavy (non-hydrogen) atoms. The molecule has 1 aliphatic rings. The third-order valence-electron chi connectivity index (χ3n) is 3.14. The van der Waals surface area contributed by atoms with E-state index in [1.807, 2.05) is 13.8 Å². The second-order valence-electron chi connectivity index (χ2n) is 4.39. The number of anilines is 1. The summed E-state index contributed by atoms with van der Waals surface area (Å²) in [4.78, 5) is 17.6. The number of fused-ring (bicyclic) bond motifs is 1. The number of rotatable bonds is 3. The molecule has 0 radical (unpaired) electrons. The number of carbonyl (C=O) groups excluding carboxylic acids is 1. The molecule has 0 aliphatic heterocycles. The second-order valence-corrected chi connectivity index (χ2v) is 5.48. The van der Waals surface area contributed by atoms with E-state index in [0.29, 0.717) is 0 Å². The molecule has 1 atom stereocenters. The maximum atomic E-state index is 11.7. The van der Waals surface area contributed by atoms with Gasteiger partial charge in [-0.15, -0.1) is 11.3 Å². The largest absolute Gasteiger partial charge is 0.302 e. The minimum Gasteiger partial charge on any atom is -0.302 e. The van der Waals surface area contributed by atoms with Gasteiger partial charge < -0.3 is 5.32 Å². The van der Waals surface area contributed by atoms with Gasteiger partial charge in [0.15, 0.2) is 5.13 Å². The summed E-state index contributed by atoms with van der Waals surface area (Å²) in [7, 11) is 0. The third-order valence-corrected chi connectivity index (χ3v) is 4.21. The summed E-state index contributed by atoms with van der Waals surface area (Å²) in [6.07, 6.45) is 5.57. The van der Waals surface area contributed by atoms with Crippen molar-refractivity contribution in [3.63, 3.8) is 0 Å². The lowest BCUT2D eigenvalue weighted by molar-refractivity contribution is -0.119. The standard InChI is InChI=1S/C12H18N2OS/c1-3-8(2)11(15)14-12-13-9-6-4-5-7-10(9)16-12/h8H,3-7H2,1-2H3,(H,13,14,15)/t8-/m1/s1. The van der Waals surface area contributed by atoms with Crippen LogP contribution >= 0.6 is 11.3 Å². The number of nitrogens with zero attached hydrogens (tertiary/aromatic N) is 1. The van der Waals surface area contributed by atoms with Crippen LogP contribution in [0.15, 0.2) is 0 Å². The Kier molecular flexibility index (Phi) is 3.59. The van der Waals surface area contributed by atoms with Gasteiger partial charge in [0.1, 0.15) is 0 Å². The Balaban J connectivity index is 2.05. The predicted molar refractivity (Wildman–Crippen MR) is 66.8 cm³/mol. The summed E-state index contributed by atoms with van der Waals surface area (Å²) in [6.45, 7) is 3.97. The van der Waals surface area contributed by atoms with Crippen LogP contribution in [0, 0.1) is 5.92 Å². The Morgan fingerprint density at radius 3 is 2.94 bits per heavy atom. The predicted octanol–water partition coefficient (Wildman–Crippen LogP) is 3.01. The zero-order valence-corrected chi connectivity index (χ0v) is 10.7. The van der Waals surface area contributed by atoms with Gasteiger partial charge in [-0.2, -0.15) is 0 Å². The fourth-order valence-electron chi connectivity index (χ4n) is 1.82. The maximum absolute atomic E-state index is 11.7. The minimum atomic E-state index is 0.0703. The fourth-order valence-corrected chi connectivity index (χ4v) is 2.87. The van der Waals surface area contributed by atoms with Crippen LogP contribution in [0.5, 0.6) is 0 Å². The average molecular weight is 238 g/mol. The van der Waals surface area contributed by atoms with Gasteiger partial charge in [-0.3, -0.25) is 4.79 Å². The first kappa shape index (κ1) is 11.6. The Labute approximate surface area is 100 Å². The molecule has 4 heteroatoms. The lowest BCUT2D eigenvalue weighted by Crippen LogP contribution is -2.19. The minimum absolute atomic E-state index is 0.0703. The highest BCUT2D eigenvalue weighted by molar-refractivity contribution is 7.15. The summed E-state index contributed by atoms with van der Waals surface area (Å²) in [5.41, 5.74) is 1.20. The van der Waals surface area contributed by atoms with Crippen molar-refractivity contribution in [2.45, 2.75) is 46.0 Å². The van der Waals surface area contributed by atoms with Crippen molar-refractivity contribution in [2.24, 2.45) is 5.92 Å². The molecule has 0 fully saturated rings. The zero-order valence-electron chi connectivity index (χ0n) is 9.88. The third kappa shape index (κ3) is 2.43. The quantitative estimate of drug-likeness (QED) is 0.879. The van der Waals surface area contributed by atoms with E-state index in [0.717, 1.165) is 24.4 Å². The molecule has 0 unspecified atom stereocenters. The van der Waals surface area contributed by atoms with Crippen LogP contribution in [0.25, 0.3) is 0 Å². The van der Waals surface area contributed by atoms with Gasteiger partial charge in [-0.1, -0.05) is 13.8 Å². The van der Waals surface area contributed by atoms with E-state index < -0.39 is 0 Å². The van der Waals surface area contributed by atoms with Crippen LogP contribution in [-0.4, -0.2) is 10.9 Å². The highest BCUT2D eigenvalue weighted by atomic mass is 32.1. The molecule has 0 saturated carbocycles. The van der Waals surface area contributed by atoms with E-state index in [2.05, 4.69) is 10.3 Å². The van der Waals surface area contributed by atoms with Crippen molar-refractivity contribution in [3.8, 4) is 0 Å². The van der Waals surface area contributed by atoms with Crippen LogP contribution in [0.3, 0.4) is 0 Å². The molecule has 1 N–H and O–H groups in total. The van der Waals surface area contributed by atoms with Gasteiger partial charge in [0, 0.05) is 10.8 Å². The van der Waals surface area contributed by atoms with E-state index in [4.69, 9.17) is 0 Å². The number of thiazole rings is 1. The van der Waals surface area contributed by atoms with Crippen molar-refractivity contribution >= 4 is 22.4 Å². The average Bonchev–Trinajstić information content (AvgIpc) is 2.69. The number of hydrogen-bond donors (Lipinski definition) is 1. The maximum Gasteiger partial charge on any atom is 0.228 e. The summed E-state index contributed by atoms with van der Waals surface area (Å²) >= 11 is 1.65. The molecule has 1 aromatic heterocycles. The number of hydrogen-bond acceptors (Lipinski definition) is 3. The molecule has 0 bridgehead atoms. The van der Waals surface area contributed by atoms with Crippen molar-refractivity contribution < 1.29 is 4.79 Å². The van der Waals surface area contributed by atoms with Gasteiger partial charge in [-0.05, 0) is 32.1 Å². The van der Waals surface area contributed by atoms with Crippen molar-refractivity contribution in [1.29, 1.82) is 0 Å². The van der Waals surface area contributed by atoms with Crippen molar-refractivity contribution in [3.05, 3.63) is 10.6 Å². The highest BCUT2D eigenvalue weighted by Gasteiger charge is 2.17. The normalized spacial score (nSPS) is 16.6. The first-order valence-electron chi connectivity index (χ1n) is 6.00. The van der Waals surface area contributed by atoms with Gasteiger partial charge >= 0.3 is 0 Å². The van der Waals surface area contributed by atoms with E-state index in [-0.39, 0.29) is 11.8 Å². The van der Waals surface area contributed by atoms with Gasteiger partial charge in [-0.25, -0.2) is 4.98 Å². The number of carbonyl (C=O) groups is 1. The molecule has 1 aromatic rings. The SMILES string of the molecule is CC[C@@H](C)C(=O)Nc1nc2c(s1)CCCC2. The van der Waals surface area contributed by atoms with E-state index in [9.17, 15) is 4.79 Å². The molecule has 0 spiro atoms. The van der Waals surface area contributed by atoms with Crippen molar-refractivity contribution in [1.82, 2.24) is 4.98 Å². The molecular formula is C12H18N2OS. The summed E-state index contributed by atoms with van der Waals surface area (Å²) in [5, 5.41) is 3.71. The van der Waals surface area contributed by atoms with E-state index in [1.54, 1.807) is 11.3 Å². The van der Waals surface area contributed by atoms with E-state index >= 15 is 0 Å². The molecule has 0 saturated heterocycles. The Bertz CT molecular complexity index is 363. The Morgan fingerprint density at radius 2 is 2.25 bits per heavy atom. The number of amides is 1. The summed E-state index contributed by atoms with van der Waals surface area (Å²) in [6, 6.07) is 0. The fraction of sp³-hybridized carbons (Fsp3) is 0.667. The summed E-state index contributed by atoms with van der Waals surface area (Å²) < 4.78 is 0. The molecule has 2 rings (SSSR count). The Hall–Kier alpha value is -0.900. The molecule has 3 nitrogen and oxygen atoms in total. The van der Waals surface area contributed by atoms with Gasteiger partial charge in [0.25, 0.3) is 0 Å². The van der Waals surface area contributed by atoms with Crippen LogP contribution in [0.1, 0.15) is 43.7 Å². The van der Waals surface area contributed by atoms with Crippen LogP contribution in [0.4, 0.5) is 5.13 Å². The summed E-state index contributed by atoms with van der Waals surface area (Å²) in [5.74, 6) is 0.162. The smallest absolute Gasteiger partial charge is 0.228 e. The van der Waals surface area contributed by atoms with Gasteiger partial charge in [0.2, 0.25) is 5.91 Å². The van der Waals surface area contributed by atoms with E-state index in [1.165, 1.54) is 23.4 Å². The van der Waals surface area contributed by atoms with Gasteiger partial charge in [0.05, 0.1) is 5.69 Å². The highest BCUT2D eigenvalue weighted by Crippen LogP contribution is 2.29. The number of nitrogens with one attached hydrogen (secondary N) is 1. The van der Waals surface area contributed by atoms with Crippen LogP contribution in [0.2, 0.25) is 0 Å². The second kappa shape index (κ2) is 4.95. The topological polar surface area (TPSA) is 42.0 Å². The number of aromatic nitrogens is 1. The lowest BCUT2D eigenvalue weighted by atomic mass is 10.0. The monoisotopic (exact) mass is 238 g/mol. The lowest BCUT2D eigenvalue weighted by Gasteiger charge is -2.06. The molecule has 0 aromatic carbocycles. The molecule has 1 amide bonds. The van der Waals surface area contributed by atoms with Crippen molar-refractivity contribution in [2.75, 3.05) is 5.32 Å². The molecular weight excluding hydrogens is 220 g/mol. The zero-order chi connectivity index (χ0) is 11.5. The van der Waals surface area contributed by atoms with Crippen LogP contribution in [-0.2, 0) is 17.6 Å². The first-order chi connectivity index (χ1) is 7.70. The molecule has 1 heterocycles. The Morgan fingerprint density at radius 1 is 1.50 bits per heavy atom. The molecule has 88 valence electrons. The first-order valence-corrected chi connectivity index (χ1v) is 6.81. The van der Waals surface area contributed by atoms with Crippen LogP contribution < -0.4 is 5.32 Å².